The Kier molecular flexibility index (Phi) is 9.48. The molecule has 7 heteroatoms. The van der Waals surface area contributed by atoms with E-state index in [1.54, 1.807) is 0 Å². The summed E-state index contributed by atoms with van der Waals surface area (Å²) in [6.07, 6.45) is 1.91. The van der Waals surface area contributed by atoms with E-state index >= 15 is 0 Å². The summed E-state index contributed by atoms with van der Waals surface area (Å²) in [4.78, 5) is 27.7. The Morgan fingerprint density at radius 1 is 1.32 bits per heavy atom. The number of nitrogens with one attached hydrogen (secondary N) is 1. The van der Waals surface area contributed by atoms with E-state index in [2.05, 4.69) is 24.2 Å². The maximum atomic E-state index is 12.5. The van der Waals surface area contributed by atoms with Crippen molar-refractivity contribution in [3.05, 3.63) is 0 Å². The van der Waals surface area contributed by atoms with Crippen molar-refractivity contribution >= 4 is 36.0 Å². The molecule has 0 aliphatic heterocycles. The molecule has 0 aromatic heterocycles. The van der Waals surface area contributed by atoms with E-state index in [0.717, 1.165) is 12.5 Å². The number of carbonyl (C=O) groups excluding carboxylic acids is 2. The molecule has 1 N–H and O–H groups in total. The average Bonchev–Trinajstić information content (AvgIpc) is 2.34. The van der Waals surface area contributed by atoms with Crippen LogP contribution in [-0.4, -0.2) is 42.1 Å². The van der Waals surface area contributed by atoms with Gasteiger partial charge in [-0.05, 0) is 0 Å². The molecule has 5 nitrogen and oxygen atoms in total. The van der Waals surface area contributed by atoms with E-state index in [1.165, 1.54) is 18.7 Å². The molecule has 0 saturated heterocycles. The minimum atomic E-state index is -0.630. The summed E-state index contributed by atoms with van der Waals surface area (Å²) in [6.45, 7) is 11.4. The van der Waals surface area contributed by atoms with Crippen LogP contribution in [0.1, 0.15) is 48.0 Å². The summed E-state index contributed by atoms with van der Waals surface area (Å²) in [7, 11) is 0.573. The van der Waals surface area contributed by atoms with Crippen LogP contribution < -0.4 is 5.32 Å². The van der Waals surface area contributed by atoms with Crippen LogP contribution >= 0.6 is 11.8 Å². The zero-order chi connectivity index (χ0) is 17.3. The third kappa shape index (κ3) is 9.13. The van der Waals surface area contributed by atoms with E-state index < -0.39 is 6.04 Å². The first kappa shape index (κ1) is 21.0. The molecule has 0 aliphatic rings. The van der Waals surface area contributed by atoms with Crippen LogP contribution in [0.5, 0.6) is 0 Å². The van der Waals surface area contributed by atoms with Gasteiger partial charge in [-0.2, -0.15) is 0 Å². The summed E-state index contributed by atoms with van der Waals surface area (Å²) in [6, 6.07) is -0.715. The summed E-state index contributed by atoms with van der Waals surface area (Å²) < 4.78 is 10.5. The van der Waals surface area contributed by atoms with Gasteiger partial charge in [0.2, 0.25) is 0 Å². The summed E-state index contributed by atoms with van der Waals surface area (Å²) in [5, 5.41) is 3.01. The molecule has 0 radical (unpaired) electrons. The zero-order valence-corrected chi connectivity index (χ0v) is 15.2. The predicted octanol–water partition coefficient (Wildman–Crippen LogP) is 2.29. The number of hydrogen-bond donors (Lipinski definition) is 1. The Bertz CT molecular complexity index is 420. The van der Waals surface area contributed by atoms with Gasteiger partial charge in [0.1, 0.15) is 0 Å². The first-order valence-corrected chi connectivity index (χ1v) is 8.47. The number of carbonyl (C=O) groups is 2. The molecule has 0 saturated carbocycles. The summed E-state index contributed by atoms with van der Waals surface area (Å²) in [5.74, 6) is 0.748. The first-order chi connectivity index (χ1) is 10.1. The minimum absolute atomic E-state index is 0.0364. The fraction of sp³-hybridized carbons (Fsp3) is 0.800. The van der Waals surface area contributed by atoms with Crippen LogP contribution in [0, 0.1) is 11.3 Å². The van der Waals surface area contributed by atoms with Crippen molar-refractivity contribution in [2.45, 2.75) is 60.0 Å². The quantitative estimate of drug-likeness (QED) is 0.548. The van der Waals surface area contributed by atoms with Gasteiger partial charge in [0, 0.05) is 0 Å². The van der Waals surface area contributed by atoms with Crippen LogP contribution in [0.2, 0.25) is 0 Å². The third-order valence-corrected chi connectivity index (χ3v) is 3.93. The van der Waals surface area contributed by atoms with Gasteiger partial charge in [0.05, 0.1) is 0 Å². The zero-order valence-electron chi connectivity index (χ0n) is 14.4. The van der Waals surface area contributed by atoms with Gasteiger partial charge in [0.15, 0.2) is 0 Å². The molecule has 22 heavy (non-hydrogen) atoms. The number of rotatable bonds is 8. The molecule has 0 heterocycles. The van der Waals surface area contributed by atoms with Gasteiger partial charge >= 0.3 is 138 Å². The van der Waals surface area contributed by atoms with Crippen molar-refractivity contribution < 1.29 is 14.3 Å². The van der Waals surface area contributed by atoms with Gasteiger partial charge in [-0.3, -0.25) is 0 Å². The van der Waals surface area contributed by atoms with E-state index in [9.17, 15) is 14.3 Å². The second-order valence-corrected chi connectivity index (χ2v) is 8.04. The molecular weight excluding hydrogens is 299 g/mol. The number of hydrogen-bond acceptors (Lipinski definition) is 5. The molecule has 0 spiro atoms. The average molecular weight is 326 g/mol. The van der Waals surface area contributed by atoms with Crippen molar-refractivity contribution in [2.75, 3.05) is 5.75 Å². The number of nitrogens with zero attached hydrogens (tertiary/aromatic N) is 1. The van der Waals surface area contributed by atoms with Gasteiger partial charge in [0.25, 0.3) is 0 Å². The predicted molar refractivity (Wildman–Crippen MR) is 92.7 cm³/mol. The monoisotopic (exact) mass is 326 g/mol. The Balaban J connectivity index is 4.97. The van der Waals surface area contributed by atoms with Crippen molar-refractivity contribution in [1.29, 1.82) is 0 Å². The van der Waals surface area contributed by atoms with Crippen molar-refractivity contribution in [2.24, 2.45) is 16.3 Å². The molecule has 0 rings (SSSR count). The van der Waals surface area contributed by atoms with Gasteiger partial charge in [-0.25, -0.2) is 0 Å². The van der Waals surface area contributed by atoms with Crippen LogP contribution in [0.15, 0.2) is 4.99 Å². The SMILES string of the molecule is CC(=O)SC[C@H](CC(C)C)NC(=O)[C@@H](N=CB=O)C(C)(C)C. The maximum absolute atomic E-state index is 12.5. The van der Waals surface area contributed by atoms with Crippen LogP contribution in [0.3, 0.4) is 0 Å². The normalized spacial score (nSPS) is 14.7. The van der Waals surface area contributed by atoms with Crippen molar-refractivity contribution in [1.82, 2.24) is 5.32 Å². The number of thioether (sulfide) groups is 1. The van der Waals surface area contributed by atoms with E-state index in [4.69, 9.17) is 0 Å². The van der Waals surface area contributed by atoms with Gasteiger partial charge in [-0.15, -0.1) is 0 Å². The molecule has 1 amide bonds. The van der Waals surface area contributed by atoms with E-state index in [1.807, 2.05) is 20.8 Å². The van der Waals surface area contributed by atoms with Gasteiger partial charge < -0.3 is 0 Å². The van der Waals surface area contributed by atoms with Crippen LogP contribution in [0.25, 0.3) is 0 Å². The Labute approximate surface area is 138 Å². The summed E-state index contributed by atoms with van der Waals surface area (Å²) >= 11 is 1.21. The number of amides is 1. The van der Waals surface area contributed by atoms with E-state index in [-0.39, 0.29) is 22.5 Å². The molecule has 0 fully saturated rings. The number of aliphatic imine (C=N–C) groups is 1. The van der Waals surface area contributed by atoms with Crippen LogP contribution in [0.4, 0.5) is 0 Å². The fourth-order valence-corrected chi connectivity index (χ4v) is 2.70. The van der Waals surface area contributed by atoms with Gasteiger partial charge in [-0.1, -0.05) is 0 Å². The van der Waals surface area contributed by atoms with Crippen molar-refractivity contribution in [3.8, 4) is 0 Å². The summed E-state index contributed by atoms with van der Waals surface area (Å²) in [5.41, 5.74) is -0.389. The molecule has 0 aromatic rings. The van der Waals surface area contributed by atoms with E-state index in [0.29, 0.717) is 18.8 Å². The first-order valence-electron chi connectivity index (χ1n) is 7.48. The van der Waals surface area contributed by atoms with Crippen LogP contribution in [-0.2, 0) is 14.3 Å². The molecule has 0 aliphatic carbocycles. The Hall–Kier alpha value is -0.975. The molecule has 124 valence electrons. The molecular formula is C15H27BN2O3S. The Morgan fingerprint density at radius 2 is 1.91 bits per heavy atom. The fourth-order valence-electron chi connectivity index (χ4n) is 2.04. The second kappa shape index (κ2) is 9.92. The second-order valence-electron chi connectivity index (χ2n) is 6.84. The molecule has 2 atom stereocenters. The Morgan fingerprint density at radius 3 is 2.32 bits per heavy atom. The molecule has 0 unspecified atom stereocenters. The standard InChI is InChI=1S/C15H27BN2O3S/c1-10(2)7-12(8-22-11(3)19)18-14(20)13(15(4,5)6)17-9-16-21/h9-10,12-13H,7-8H2,1-6H3,(H,18,20)/t12-,13+/m0/s1. The molecule has 0 bridgehead atoms. The topological polar surface area (TPSA) is 75.6 Å². The third-order valence-electron chi connectivity index (χ3n) is 2.95. The molecule has 0 aromatic carbocycles. The van der Waals surface area contributed by atoms with Crippen molar-refractivity contribution in [3.63, 3.8) is 0 Å².